The fraction of sp³-hybridized carbons (Fsp3) is 0.185. The van der Waals surface area contributed by atoms with Gasteiger partial charge in [0.05, 0.1) is 18.8 Å². The van der Waals surface area contributed by atoms with E-state index in [1.54, 1.807) is 55.0 Å². The van der Waals surface area contributed by atoms with Gasteiger partial charge in [0.2, 0.25) is 0 Å². The first-order chi connectivity index (χ1) is 18.1. The molecule has 0 radical (unpaired) electrons. The van der Waals surface area contributed by atoms with Crippen molar-refractivity contribution in [1.29, 1.82) is 0 Å². The number of amides is 2. The minimum atomic E-state index is -0.506. The lowest BCUT2D eigenvalue weighted by Crippen LogP contribution is -2.36. The van der Waals surface area contributed by atoms with Gasteiger partial charge in [-0.1, -0.05) is 6.07 Å². The van der Waals surface area contributed by atoms with E-state index in [9.17, 15) is 9.59 Å². The summed E-state index contributed by atoms with van der Waals surface area (Å²) in [5.41, 5.74) is 3.57. The molecule has 9 nitrogen and oxygen atoms in total. The smallest absolute Gasteiger partial charge is 0.255 e. The number of nitrogens with zero attached hydrogens (tertiary/aromatic N) is 3. The summed E-state index contributed by atoms with van der Waals surface area (Å²) in [4.78, 5) is 39.2. The summed E-state index contributed by atoms with van der Waals surface area (Å²) >= 11 is 0. The number of imidazole rings is 1. The number of halogens is 1. The number of carbonyl (C=O) groups is 2. The number of pyridine rings is 1. The third-order valence-corrected chi connectivity index (χ3v) is 6.58. The van der Waals surface area contributed by atoms with Crippen molar-refractivity contribution in [2.45, 2.75) is 6.54 Å². The second kappa shape index (κ2) is 9.47. The Labute approximate surface area is 211 Å². The minimum absolute atomic E-state index is 0.221. The highest BCUT2D eigenvalue weighted by Gasteiger charge is 2.28. The van der Waals surface area contributed by atoms with Gasteiger partial charge in [-0.25, -0.2) is 14.4 Å². The molecule has 37 heavy (non-hydrogen) atoms. The average molecular weight is 499 g/mol. The van der Waals surface area contributed by atoms with Crippen LogP contribution in [-0.4, -0.2) is 53.1 Å². The number of nitrogens with one attached hydrogen (secondary N) is 3. The third-order valence-electron chi connectivity index (χ3n) is 6.58. The Kier molecular flexibility index (Phi) is 5.85. The Morgan fingerprint density at radius 3 is 2.59 bits per heavy atom. The number of morpholine rings is 1. The lowest BCUT2D eigenvalue weighted by atomic mass is 9.92. The topological polar surface area (TPSA) is 112 Å². The lowest BCUT2D eigenvalue weighted by Gasteiger charge is -2.27. The highest BCUT2D eigenvalue weighted by Crippen LogP contribution is 2.36. The van der Waals surface area contributed by atoms with Gasteiger partial charge in [0.15, 0.2) is 0 Å². The van der Waals surface area contributed by atoms with E-state index in [1.807, 2.05) is 0 Å². The van der Waals surface area contributed by atoms with Gasteiger partial charge in [-0.2, -0.15) is 0 Å². The largest absolute Gasteiger partial charge is 0.378 e. The van der Waals surface area contributed by atoms with E-state index in [2.05, 4.69) is 30.5 Å². The predicted octanol–water partition coefficient (Wildman–Crippen LogP) is 3.61. The van der Waals surface area contributed by atoms with Crippen LogP contribution in [0, 0.1) is 5.82 Å². The van der Waals surface area contributed by atoms with Gasteiger partial charge in [0.25, 0.3) is 11.8 Å². The molecule has 2 amide bonds. The van der Waals surface area contributed by atoms with Crippen LogP contribution in [-0.2, 0) is 11.3 Å². The van der Waals surface area contributed by atoms with Crippen molar-refractivity contribution < 1.29 is 18.7 Å². The van der Waals surface area contributed by atoms with Crippen LogP contribution in [0.4, 0.5) is 15.9 Å². The van der Waals surface area contributed by atoms with Gasteiger partial charge < -0.3 is 25.3 Å². The number of carbonyl (C=O) groups excluding carboxylic acids is 2. The monoisotopic (exact) mass is 498 g/mol. The highest BCUT2D eigenvalue weighted by atomic mass is 19.1. The van der Waals surface area contributed by atoms with E-state index < -0.39 is 5.82 Å². The average Bonchev–Trinajstić information content (AvgIpc) is 3.60. The number of H-pyrrole nitrogens is 1. The zero-order chi connectivity index (χ0) is 25.4. The Hall–Kier alpha value is -4.57. The van der Waals surface area contributed by atoms with Crippen LogP contribution in [0.5, 0.6) is 0 Å². The summed E-state index contributed by atoms with van der Waals surface area (Å²) in [5.74, 6) is 0.191. The second-order valence-electron chi connectivity index (χ2n) is 8.79. The van der Waals surface area contributed by atoms with Gasteiger partial charge in [-0.15, -0.1) is 0 Å². The molecule has 4 aromatic rings. The molecule has 0 aliphatic carbocycles. The van der Waals surface area contributed by atoms with E-state index in [4.69, 9.17) is 4.74 Å². The molecule has 2 aliphatic heterocycles. The van der Waals surface area contributed by atoms with E-state index in [0.29, 0.717) is 83.6 Å². The molecule has 4 heterocycles. The number of ether oxygens (including phenoxy) is 1. The Balaban J connectivity index is 1.26. The van der Waals surface area contributed by atoms with E-state index in [-0.39, 0.29) is 11.8 Å². The molecular weight excluding hydrogens is 475 g/mol. The molecule has 2 aromatic carbocycles. The van der Waals surface area contributed by atoms with Crippen LogP contribution in [0.1, 0.15) is 26.3 Å². The molecule has 1 fully saturated rings. The molecule has 2 aliphatic rings. The minimum Gasteiger partial charge on any atom is -0.378 e. The van der Waals surface area contributed by atoms with Gasteiger partial charge >= 0.3 is 0 Å². The first-order valence-electron chi connectivity index (χ1n) is 11.9. The summed E-state index contributed by atoms with van der Waals surface area (Å²) in [6.07, 6.45) is 4.89. The van der Waals surface area contributed by atoms with Gasteiger partial charge in [-0.05, 0) is 47.5 Å². The molecule has 0 saturated carbocycles. The Morgan fingerprint density at radius 2 is 1.81 bits per heavy atom. The zero-order valence-electron chi connectivity index (χ0n) is 19.8. The van der Waals surface area contributed by atoms with Crippen LogP contribution in [0.25, 0.3) is 22.5 Å². The number of fused-ring (bicyclic) bond motifs is 1. The molecule has 0 spiro atoms. The highest BCUT2D eigenvalue weighted by molar-refractivity contribution is 6.06. The fourth-order valence-electron chi connectivity index (χ4n) is 4.75. The quantitative estimate of drug-likeness (QED) is 0.388. The van der Waals surface area contributed by atoms with Crippen LogP contribution < -0.4 is 15.5 Å². The molecule has 3 N–H and O–H groups in total. The molecule has 2 aromatic heterocycles. The van der Waals surface area contributed by atoms with Crippen molar-refractivity contribution in [3.63, 3.8) is 0 Å². The number of hydrogen-bond acceptors (Lipinski definition) is 6. The van der Waals surface area contributed by atoms with Crippen molar-refractivity contribution in [3.05, 3.63) is 83.6 Å². The SMILES string of the molecule is O=C(Nc1ccc(-c2ccc(-c3ncc[nH]3)c3c2CNC3=O)c(F)c1)c1ccnc(N2CCOCC2)c1. The second-order valence-corrected chi connectivity index (χ2v) is 8.79. The van der Waals surface area contributed by atoms with Crippen LogP contribution in [0.3, 0.4) is 0 Å². The maximum atomic E-state index is 15.3. The predicted molar refractivity (Wildman–Crippen MR) is 136 cm³/mol. The summed E-state index contributed by atoms with van der Waals surface area (Å²) in [5, 5.41) is 5.59. The molecule has 6 rings (SSSR count). The van der Waals surface area contributed by atoms with Crippen molar-refractivity contribution in [1.82, 2.24) is 20.3 Å². The fourth-order valence-corrected chi connectivity index (χ4v) is 4.75. The molecule has 1 saturated heterocycles. The standard InChI is InChI=1S/C27H23FN6O3/c28-22-14-17(33-26(35)16-5-6-29-23(13-16)34-9-11-37-12-10-34)1-2-19(22)18-3-4-20(25-30-7-8-31-25)24-21(18)15-32-27(24)36/h1-8,13-14H,9-12,15H2,(H,30,31)(H,32,36)(H,33,35). The number of hydrogen-bond donors (Lipinski definition) is 3. The normalized spacial score (nSPS) is 14.8. The van der Waals surface area contributed by atoms with Gasteiger partial charge in [-0.3, -0.25) is 9.59 Å². The number of rotatable bonds is 5. The first kappa shape index (κ1) is 22.9. The summed E-state index contributed by atoms with van der Waals surface area (Å²) in [7, 11) is 0. The Bertz CT molecular complexity index is 1500. The van der Waals surface area contributed by atoms with Gasteiger partial charge in [0.1, 0.15) is 17.5 Å². The van der Waals surface area contributed by atoms with E-state index in [0.717, 1.165) is 0 Å². The first-order valence-corrected chi connectivity index (χ1v) is 11.9. The maximum absolute atomic E-state index is 15.3. The Morgan fingerprint density at radius 1 is 1.00 bits per heavy atom. The molecule has 0 atom stereocenters. The van der Waals surface area contributed by atoms with Crippen molar-refractivity contribution in [3.8, 4) is 22.5 Å². The zero-order valence-corrected chi connectivity index (χ0v) is 19.8. The molecular formula is C27H23FN6O3. The lowest BCUT2D eigenvalue weighted by molar-refractivity contribution is 0.0965. The van der Waals surface area contributed by atoms with Gasteiger partial charge in [0, 0.05) is 60.6 Å². The van der Waals surface area contributed by atoms with Crippen molar-refractivity contribution >= 4 is 23.3 Å². The van der Waals surface area contributed by atoms with E-state index >= 15 is 4.39 Å². The van der Waals surface area contributed by atoms with Crippen molar-refractivity contribution in [2.75, 3.05) is 36.5 Å². The molecule has 0 bridgehead atoms. The van der Waals surface area contributed by atoms with Crippen LogP contribution in [0.2, 0.25) is 0 Å². The summed E-state index contributed by atoms with van der Waals surface area (Å²) < 4.78 is 20.7. The summed E-state index contributed by atoms with van der Waals surface area (Å²) in [6.45, 7) is 2.94. The molecule has 10 heteroatoms. The summed E-state index contributed by atoms with van der Waals surface area (Å²) in [6, 6.07) is 11.4. The number of aromatic nitrogens is 3. The molecule has 0 unspecified atom stereocenters. The van der Waals surface area contributed by atoms with Crippen LogP contribution >= 0.6 is 0 Å². The third kappa shape index (κ3) is 4.31. The van der Waals surface area contributed by atoms with Crippen LogP contribution in [0.15, 0.2) is 61.1 Å². The number of benzene rings is 2. The van der Waals surface area contributed by atoms with E-state index in [1.165, 1.54) is 6.07 Å². The number of anilines is 2. The maximum Gasteiger partial charge on any atom is 0.255 e. The molecule has 186 valence electrons. The number of aromatic amines is 1. The van der Waals surface area contributed by atoms with Crippen molar-refractivity contribution in [2.24, 2.45) is 0 Å².